The number of fused-ring (bicyclic) bond motifs is 1. The first-order valence-electron chi connectivity index (χ1n) is 7.71. The van der Waals surface area contributed by atoms with Gasteiger partial charge < -0.3 is 5.11 Å². The van der Waals surface area contributed by atoms with Crippen LogP contribution in [0, 0.1) is 0 Å². The van der Waals surface area contributed by atoms with Crippen LogP contribution in [0.15, 0.2) is 47.4 Å². The SMILES string of the molecule is CN(C)N([C@@H]1CS(=O)(=O)C[C@@H]1O)S(=O)(=O)c1ccc2ccccc2c1. The van der Waals surface area contributed by atoms with Gasteiger partial charge >= 0.3 is 0 Å². The quantitative estimate of drug-likeness (QED) is 0.770. The van der Waals surface area contributed by atoms with E-state index >= 15 is 0 Å². The van der Waals surface area contributed by atoms with Crippen molar-refractivity contribution in [3.8, 4) is 0 Å². The van der Waals surface area contributed by atoms with Crippen LogP contribution in [-0.4, -0.2) is 69.1 Å². The van der Waals surface area contributed by atoms with Gasteiger partial charge in [-0.05, 0) is 22.9 Å². The predicted molar refractivity (Wildman–Crippen MR) is 95.1 cm³/mol. The lowest BCUT2D eigenvalue weighted by molar-refractivity contribution is 0.0272. The molecule has 0 unspecified atom stereocenters. The third-order valence-electron chi connectivity index (χ3n) is 4.24. The van der Waals surface area contributed by atoms with Gasteiger partial charge in [0, 0.05) is 14.1 Å². The lowest BCUT2D eigenvalue weighted by Gasteiger charge is -2.34. The number of benzene rings is 2. The van der Waals surface area contributed by atoms with Crippen LogP contribution in [0.1, 0.15) is 0 Å². The van der Waals surface area contributed by atoms with E-state index in [1.165, 1.54) is 25.2 Å². The van der Waals surface area contributed by atoms with E-state index < -0.39 is 43.5 Å². The molecule has 0 spiro atoms. The minimum atomic E-state index is -4.02. The fourth-order valence-electron chi connectivity index (χ4n) is 3.15. The molecule has 2 aromatic carbocycles. The van der Waals surface area contributed by atoms with Crippen molar-refractivity contribution in [3.05, 3.63) is 42.5 Å². The molecule has 2 atom stereocenters. The Kier molecular flexibility index (Phi) is 4.63. The van der Waals surface area contributed by atoms with Crippen LogP contribution in [0.2, 0.25) is 0 Å². The molecule has 1 N–H and O–H groups in total. The lowest BCUT2D eigenvalue weighted by Crippen LogP contribution is -2.53. The van der Waals surface area contributed by atoms with Crippen LogP contribution in [-0.2, 0) is 19.9 Å². The maximum atomic E-state index is 13.1. The highest BCUT2D eigenvalue weighted by molar-refractivity contribution is 7.92. The number of aliphatic hydroxyl groups excluding tert-OH is 1. The predicted octanol–water partition coefficient (Wildman–Crippen LogP) is 0.465. The summed E-state index contributed by atoms with van der Waals surface area (Å²) >= 11 is 0. The van der Waals surface area contributed by atoms with Crippen molar-refractivity contribution in [3.63, 3.8) is 0 Å². The minimum Gasteiger partial charge on any atom is -0.390 e. The van der Waals surface area contributed by atoms with Crippen molar-refractivity contribution >= 4 is 30.6 Å². The summed E-state index contributed by atoms with van der Waals surface area (Å²) in [7, 11) is -4.49. The molecular weight excluding hydrogens is 364 g/mol. The fourth-order valence-corrected chi connectivity index (χ4v) is 6.74. The molecule has 1 aliphatic rings. The van der Waals surface area contributed by atoms with Crippen molar-refractivity contribution in [1.29, 1.82) is 0 Å². The molecule has 1 saturated heterocycles. The maximum Gasteiger partial charge on any atom is 0.256 e. The van der Waals surface area contributed by atoms with Crippen LogP contribution in [0.5, 0.6) is 0 Å². The molecule has 136 valence electrons. The topological polar surface area (TPSA) is 95.0 Å². The number of rotatable bonds is 4. The van der Waals surface area contributed by atoms with Gasteiger partial charge in [0.15, 0.2) is 9.84 Å². The smallest absolute Gasteiger partial charge is 0.256 e. The monoisotopic (exact) mass is 384 g/mol. The van der Waals surface area contributed by atoms with Crippen LogP contribution >= 0.6 is 0 Å². The van der Waals surface area contributed by atoms with Gasteiger partial charge in [-0.15, -0.1) is 4.41 Å². The first-order chi connectivity index (χ1) is 11.6. The number of sulfonamides is 1. The Morgan fingerprint density at radius 2 is 1.68 bits per heavy atom. The second kappa shape index (κ2) is 6.33. The van der Waals surface area contributed by atoms with E-state index in [2.05, 4.69) is 0 Å². The van der Waals surface area contributed by atoms with E-state index in [1.54, 1.807) is 12.1 Å². The largest absolute Gasteiger partial charge is 0.390 e. The molecule has 7 nitrogen and oxygen atoms in total. The minimum absolute atomic E-state index is 0.0522. The molecule has 25 heavy (non-hydrogen) atoms. The molecule has 1 fully saturated rings. The summed E-state index contributed by atoms with van der Waals surface area (Å²) in [5, 5.41) is 13.1. The Balaban J connectivity index is 2.08. The average Bonchev–Trinajstić information content (AvgIpc) is 2.78. The molecule has 3 rings (SSSR count). The number of aliphatic hydroxyl groups is 1. The molecule has 0 aromatic heterocycles. The van der Waals surface area contributed by atoms with Crippen LogP contribution in [0.25, 0.3) is 10.8 Å². The summed E-state index contributed by atoms with van der Waals surface area (Å²) in [5.41, 5.74) is 0. The summed E-state index contributed by atoms with van der Waals surface area (Å²) in [6, 6.07) is 11.1. The van der Waals surface area contributed by atoms with Gasteiger partial charge in [0.05, 0.1) is 28.5 Å². The van der Waals surface area contributed by atoms with Gasteiger partial charge in [-0.1, -0.05) is 30.3 Å². The van der Waals surface area contributed by atoms with E-state index in [1.807, 2.05) is 24.3 Å². The number of hydrazine groups is 1. The van der Waals surface area contributed by atoms with E-state index in [-0.39, 0.29) is 4.90 Å². The van der Waals surface area contributed by atoms with Crippen LogP contribution in [0.3, 0.4) is 0 Å². The standard InChI is InChI=1S/C16H20N2O5S2/c1-17(2)18(15-10-24(20,21)11-16(15)19)25(22,23)14-8-7-12-5-3-4-6-13(12)9-14/h3-9,15-16,19H,10-11H2,1-2H3/t15-,16+/m1/s1. The van der Waals surface area contributed by atoms with Gasteiger partial charge in [0.1, 0.15) is 0 Å². The van der Waals surface area contributed by atoms with Gasteiger partial charge in [-0.25, -0.2) is 21.8 Å². The van der Waals surface area contributed by atoms with Gasteiger partial charge in [-0.2, -0.15) is 0 Å². The zero-order valence-electron chi connectivity index (χ0n) is 13.9. The zero-order valence-corrected chi connectivity index (χ0v) is 15.5. The van der Waals surface area contributed by atoms with Crippen molar-refractivity contribution in [2.75, 3.05) is 25.6 Å². The number of nitrogens with zero attached hydrogens (tertiary/aromatic N) is 2. The Morgan fingerprint density at radius 1 is 1.04 bits per heavy atom. The first-order valence-corrected chi connectivity index (χ1v) is 11.0. The maximum absolute atomic E-state index is 13.1. The third kappa shape index (κ3) is 3.42. The normalized spacial score (nSPS) is 23.6. The lowest BCUT2D eigenvalue weighted by atomic mass is 10.1. The molecule has 1 heterocycles. The van der Waals surface area contributed by atoms with Crippen LogP contribution < -0.4 is 0 Å². The highest BCUT2D eigenvalue weighted by atomic mass is 32.2. The first kappa shape index (κ1) is 18.3. The number of sulfone groups is 1. The molecule has 1 aliphatic heterocycles. The molecular formula is C16H20N2O5S2. The summed E-state index contributed by atoms with van der Waals surface area (Å²) in [4.78, 5) is 0.0522. The third-order valence-corrected chi connectivity index (χ3v) is 7.87. The van der Waals surface area contributed by atoms with Gasteiger partial charge in [0.25, 0.3) is 10.0 Å². The molecule has 2 aromatic rings. The molecule has 9 heteroatoms. The summed E-state index contributed by atoms with van der Waals surface area (Å²) in [6.45, 7) is 0. The Morgan fingerprint density at radius 3 is 2.24 bits per heavy atom. The van der Waals surface area contributed by atoms with E-state index in [9.17, 15) is 21.9 Å². The molecule has 0 radical (unpaired) electrons. The number of hydrogen-bond donors (Lipinski definition) is 1. The average molecular weight is 384 g/mol. The van der Waals surface area contributed by atoms with Crippen LogP contribution in [0.4, 0.5) is 0 Å². The summed E-state index contributed by atoms with van der Waals surface area (Å²) < 4.78 is 50.9. The summed E-state index contributed by atoms with van der Waals surface area (Å²) in [5.74, 6) is -0.839. The van der Waals surface area contributed by atoms with Gasteiger partial charge in [-0.3, -0.25) is 0 Å². The zero-order chi connectivity index (χ0) is 18.4. The van der Waals surface area contributed by atoms with Crippen molar-refractivity contribution in [2.24, 2.45) is 0 Å². The fraction of sp³-hybridized carbons (Fsp3) is 0.375. The second-order valence-corrected chi connectivity index (χ2v) is 10.3. The van der Waals surface area contributed by atoms with Crippen molar-refractivity contribution in [1.82, 2.24) is 9.42 Å². The Hall–Kier alpha value is -1.52. The van der Waals surface area contributed by atoms with E-state index in [0.717, 1.165) is 15.2 Å². The number of hydrogen-bond acceptors (Lipinski definition) is 6. The highest BCUT2D eigenvalue weighted by Crippen LogP contribution is 2.28. The van der Waals surface area contributed by atoms with E-state index in [0.29, 0.717) is 0 Å². The molecule has 0 amide bonds. The second-order valence-electron chi connectivity index (χ2n) is 6.35. The summed E-state index contributed by atoms with van der Waals surface area (Å²) in [6.07, 6.45) is -1.26. The van der Waals surface area contributed by atoms with E-state index in [4.69, 9.17) is 0 Å². The van der Waals surface area contributed by atoms with Crippen molar-refractivity contribution in [2.45, 2.75) is 17.0 Å². The Bertz CT molecular complexity index is 1000. The van der Waals surface area contributed by atoms with Gasteiger partial charge in [0.2, 0.25) is 0 Å². The molecule has 0 bridgehead atoms. The molecule has 0 saturated carbocycles. The molecule has 0 aliphatic carbocycles. The van der Waals surface area contributed by atoms with Crippen molar-refractivity contribution < 1.29 is 21.9 Å². The Labute approximate surface area is 147 Å². The highest BCUT2D eigenvalue weighted by Gasteiger charge is 2.46.